The van der Waals surface area contributed by atoms with Crippen LogP contribution in [0.15, 0.2) is 42.6 Å². The monoisotopic (exact) mass is 447 g/mol. The van der Waals surface area contributed by atoms with Crippen molar-refractivity contribution in [3.05, 3.63) is 48.3 Å². The summed E-state index contributed by atoms with van der Waals surface area (Å²) in [6.07, 6.45) is 6.77. The smallest absolute Gasteiger partial charge is 0.229 e. The lowest BCUT2D eigenvalue weighted by atomic mass is 9.85. The number of hydrogen-bond acceptors (Lipinski definition) is 6. The van der Waals surface area contributed by atoms with Gasteiger partial charge in [0.1, 0.15) is 5.82 Å². The molecule has 1 aromatic carbocycles. The Hall–Kier alpha value is -3.26. The maximum Gasteiger partial charge on any atom is 0.229 e. The summed E-state index contributed by atoms with van der Waals surface area (Å²) in [5.74, 6) is 1.15. The molecule has 2 amide bonds. The Morgan fingerprint density at radius 2 is 1.72 bits per heavy atom. The average molecular weight is 448 g/mol. The number of aromatic nitrogens is 2. The Balaban J connectivity index is 1.29. The van der Waals surface area contributed by atoms with E-state index in [1.54, 1.807) is 6.20 Å². The molecule has 2 aromatic heterocycles. The third kappa shape index (κ3) is 4.65. The predicted molar refractivity (Wildman–Crippen MR) is 127 cm³/mol. The SMILES string of the molecule is Cc1nc(NC(=O)C2CC2)sc1-c1ccnc(Nc2cccc(NC(=O)C3CCC3)c2)c1. The van der Waals surface area contributed by atoms with E-state index in [1.165, 1.54) is 11.3 Å². The van der Waals surface area contributed by atoms with E-state index in [0.29, 0.717) is 10.9 Å². The van der Waals surface area contributed by atoms with Crippen LogP contribution in [-0.2, 0) is 9.59 Å². The van der Waals surface area contributed by atoms with Crippen LogP contribution in [0.5, 0.6) is 0 Å². The lowest BCUT2D eigenvalue weighted by molar-refractivity contribution is -0.122. The molecule has 2 aliphatic rings. The minimum absolute atomic E-state index is 0.0617. The van der Waals surface area contributed by atoms with Crippen molar-refractivity contribution in [2.24, 2.45) is 11.8 Å². The van der Waals surface area contributed by atoms with Gasteiger partial charge in [-0.2, -0.15) is 0 Å². The largest absolute Gasteiger partial charge is 0.340 e. The number of aryl methyl sites for hydroxylation is 1. The number of nitrogens with zero attached hydrogens (tertiary/aromatic N) is 2. The predicted octanol–water partition coefficient (Wildman–Crippen LogP) is 5.34. The van der Waals surface area contributed by atoms with Crippen molar-refractivity contribution in [1.82, 2.24) is 9.97 Å². The van der Waals surface area contributed by atoms with E-state index in [9.17, 15) is 9.59 Å². The molecule has 7 nitrogen and oxygen atoms in total. The Bertz CT molecular complexity index is 1170. The van der Waals surface area contributed by atoms with Crippen LogP contribution in [0.4, 0.5) is 22.3 Å². The van der Waals surface area contributed by atoms with Crippen LogP contribution >= 0.6 is 11.3 Å². The summed E-state index contributed by atoms with van der Waals surface area (Å²) in [6, 6.07) is 11.6. The molecule has 0 aliphatic heterocycles. The molecule has 0 atom stereocenters. The average Bonchev–Trinajstić information content (AvgIpc) is 3.51. The number of hydrogen-bond donors (Lipinski definition) is 3. The number of carbonyl (C=O) groups is 2. The van der Waals surface area contributed by atoms with E-state index >= 15 is 0 Å². The molecule has 0 radical (unpaired) electrons. The third-order valence-electron chi connectivity index (χ3n) is 5.88. The molecule has 2 fully saturated rings. The minimum atomic E-state index is 0.0617. The van der Waals surface area contributed by atoms with Gasteiger partial charge in [-0.3, -0.25) is 9.59 Å². The first kappa shape index (κ1) is 20.6. The molecular formula is C24H25N5O2S. The first-order valence-electron chi connectivity index (χ1n) is 11.0. The number of anilines is 4. The first-order chi connectivity index (χ1) is 15.5. The van der Waals surface area contributed by atoms with E-state index < -0.39 is 0 Å². The van der Waals surface area contributed by atoms with Crippen LogP contribution in [0.3, 0.4) is 0 Å². The molecule has 0 unspecified atom stereocenters. The summed E-state index contributed by atoms with van der Waals surface area (Å²) >= 11 is 1.47. The summed E-state index contributed by atoms with van der Waals surface area (Å²) in [7, 11) is 0. The van der Waals surface area contributed by atoms with Crippen LogP contribution in [0.25, 0.3) is 10.4 Å². The quantitative estimate of drug-likeness (QED) is 0.454. The van der Waals surface area contributed by atoms with Gasteiger partial charge >= 0.3 is 0 Å². The van der Waals surface area contributed by atoms with Crippen LogP contribution in [0.1, 0.15) is 37.8 Å². The number of thiazole rings is 1. The van der Waals surface area contributed by atoms with Crippen molar-refractivity contribution in [2.45, 2.75) is 39.0 Å². The minimum Gasteiger partial charge on any atom is -0.340 e. The number of benzene rings is 1. The molecule has 8 heteroatoms. The van der Waals surface area contributed by atoms with Gasteiger partial charge in [0, 0.05) is 29.4 Å². The number of amides is 2. The lowest BCUT2D eigenvalue weighted by Crippen LogP contribution is -2.27. The second kappa shape index (κ2) is 8.70. The molecule has 164 valence electrons. The zero-order valence-electron chi connectivity index (χ0n) is 17.9. The highest BCUT2D eigenvalue weighted by Gasteiger charge is 2.30. The molecular weight excluding hydrogens is 422 g/mol. The van der Waals surface area contributed by atoms with Gasteiger partial charge in [-0.1, -0.05) is 23.8 Å². The van der Waals surface area contributed by atoms with Crippen LogP contribution in [0, 0.1) is 18.8 Å². The third-order valence-corrected chi connectivity index (χ3v) is 7.00. The summed E-state index contributed by atoms with van der Waals surface area (Å²) < 4.78 is 0. The number of carbonyl (C=O) groups excluding carboxylic acids is 2. The molecule has 2 saturated carbocycles. The van der Waals surface area contributed by atoms with Gasteiger partial charge in [-0.15, -0.1) is 0 Å². The second-order valence-electron chi connectivity index (χ2n) is 8.45. The lowest BCUT2D eigenvalue weighted by Gasteiger charge is -2.24. The van der Waals surface area contributed by atoms with Crippen molar-refractivity contribution in [3.8, 4) is 10.4 Å². The summed E-state index contributed by atoms with van der Waals surface area (Å²) in [6.45, 7) is 1.94. The van der Waals surface area contributed by atoms with Gasteiger partial charge in [0.25, 0.3) is 0 Å². The Morgan fingerprint density at radius 1 is 0.969 bits per heavy atom. The molecule has 32 heavy (non-hydrogen) atoms. The van der Waals surface area contributed by atoms with Gasteiger partial charge in [-0.25, -0.2) is 9.97 Å². The topological polar surface area (TPSA) is 96.0 Å². The molecule has 0 bridgehead atoms. The zero-order valence-corrected chi connectivity index (χ0v) is 18.7. The van der Waals surface area contributed by atoms with Gasteiger partial charge in [0.15, 0.2) is 5.13 Å². The maximum atomic E-state index is 12.2. The Labute approximate surface area is 190 Å². The fraction of sp³-hybridized carbons (Fsp3) is 0.333. The number of nitrogens with one attached hydrogen (secondary N) is 3. The summed E-state index contributed by atoms with van der Waals surface area (Å²) in [5, 5.41) is 9.89. The molecule has 5 rings (SSSR count). The molecule has 2 aliphatic carbocycles. The van der Waals surface area contributed by atoms with Crippen molar-refractivity contribution in [3.63, 3.8) is 0 Å². The highest BCUT2D eigenvalue weighted by Crippen LogP contribution is 2.36. The zero-order chi connectivity index (χ0) is 22.1. The highest BCUT2D eigenvalue weighted by molar-refractivity contribution is 7.19. The van der Waals surface area contributed by atoms with Gasteiger partial charge in [0.2, 0.25) is 11.8 Å². The van der Waals surface area contributed by atoms with Crippen LogP contribution in [-0.4, -0.2) is 21.8 Å². The Kier molecular flexibility index (Phi) is 5.61. The normalized spacial score (nSPS) is 15.7. The van der Waals surface area contributed by atoms with Gasteiger partial charge in [0.05, 0.1) is 10.6 Å². The molecule has 0 saturated heterocycles. The molecule has 0 spiro atoms. The van der Waals surface area contributed by atoms with E-state index in [1.807, 2.05) is 43.3 Å². The van der Waals surface area contributed by atoms with Gasteiger partial charge in [-0.05, 0) is 68.5 Å². The van der Waals surface area contributed by atoms with Crippen LogP contribution < -0.4 is 16.0 Å². The van der Waals surface area contributed by atoms with E-state index in [-0.39, 0.29) is 23.7 Å². The van der Waals surface area contributed by atoms with E-state index in [2.05, 4.69) is 25.9 Å². The van der Waals surface area contributed by atoms with Crippen molar-refractivity contribution in [1.29, 1.82) is 0 Å². The van der Waals surface area contributed by atoms with Gasteiger partial charge < -0.3 is 16.0 Å². The Morgan fingerprint density at radius 3 is 2.47 bits per heavy atom. The van der Waals surface area contributed by atoms with Crippen molar-refractivity contribution >= 4 is 45.5 Å². The maximum absolute atomic E-state index is 12.2. The van der Waals surface area contributed by atoms with Crippen LogP contribution in [0.2, 0.25) is 0 Å². The van der Waals surface area contributed by atoms with E-state index in [4.69, 9.17) is 0 Å². The molecule has 3 N–H and O–H groups in total. The van der Waals surface area contributed by atoms with Crippen molar-refractivity contribution in [2.75, 3.05) is 16.0 Å². The fourth-order valence-electron chi connectivity index (χ4n) is 3.65. The molecule has 3 aromatic rings. The number of pyridine rings is 1. The first-order valence-corrected chi connectivity index (χ1v) is 11.8. The number of rotatable bonds is 7. The molecule has 2 heterocycles. The summed E-state index contributed by atoms with van der Waals surface area (Å²) in [5.41, 5.74) is 3.48. The summed E-state index contributed by atoms with van der Waals surface area (Å²) in [4.78, 5) is 34.2. The highest BCUT2D eigenvalue weighted by atomic mass is 32.1. The standard InChI is InChI=1S/C24H25N5O2S/c1-14-21(32-24(26-14)29-23(31)16-8-9-16)17-10-11-25-20(12-17)27-18-6-3-7-19(13-18)28-22(30)15-4-2-5-15/h3,6-7,10-13,15-16H,2,4-5,8-9H2,1H3,(H,25,27)(H,28,30)(H,26,29,31). The fourth-order valence-corrected chi connectivity index (χ4v) is 4.61. The van der Waals surface area contributed by atoms with E-state index in [0.717, 1.165) is 59.6 Å². The second-order valence-corrected chi connectivity index (χ2v) is 9.45. The van der Waals surface area contributed by atoms with Crippen molar-refractivity contribution < 1.29 is 9.59 Å².